The van der Waals surface area contributed by atoms with E-state index in [0.29, 0.717) is 24.2 Å². The van der Waals surface area contributed by atoms with Crippen LogP contribution in [-0.4, -0.2) is 36.1 Å². The summed E-state index contributed by atoms with van der Waals surface area (Å²) in [4.78, 5) is 0. The van der Waals surface area contributed by atoms with Crippen molar-refractivity contribution in [3.63, 3.8) is 0 Å². The topological polar surface area (TPSA) is 42.0 Å². The van der Waals surface area contributed by atoms with Crippen molar-refractivity contribution in [2.24, 2.45) is 5.92 Å². The van der Waals surface area contributed by atoms with Crippen LogP contribution in [0.15, 0.2) is 0 Å². The first-order chi connectivity index (χ1) is 4.90. The molecule has 0 aliphatic carbocycles. The minimum absolute atomic E-state index is 0.222. The molecule has 3 nitrogen and oxygen atoms in total. The minimum atomic E-state index is 0.222. The fourth-order valence-electron chi connectivity index (χ4n) is 2.24. The van der Waals surface area contributed by atoms with E-state index < -0.39 is 0 Å². The number of hydrogen-bond acceptors (Lipinski definition) is 3. The summed E-state index contributed by atoms with van der Waals surface area (Å²) in [6.07, 6.45) is 2.28. The maximum absolute atomic E-state index is 8.89. The molecule has 1 N–H and O–H groups in total. The van der Waals surface area contributed by atoms with Gasteiger partial charge in [0.2, 0.25) is 0 Å². The number of ether oxygens (including phenoxy) is 2. The summed E-state index contributed by atoms with van der Waals surface area (Å²) in [5.41, 5.74) is 0. The Kier molecular flexibility index (Phi) is 0.854. The summed E-state index contributed by atoms with van der Waals surface area (Å²) in [5.74, 6) is 0.355. The van der Waals surface area contributed by atoms with Crippen LogP contribution in [0.3, 0.4) is 0 Å². The van der Waals surface area contributed by atoms with Crippen molar-refractivity contribution in [2.75, 3.05) is 6.61 Å². The summed E-state index contributed by atoms with van der Waals surface area (Å²) < 4.78 is 10.9. The number of rotatable bonds is 1. The summed E-state index contributed by atoms with van der Waals surface area (Å²) in [7, 11) is 0. The highest BCUT2D eigenvalue weighted by atomic mass is 16.7. The lowest BCUT2D eigenvalue weighted by Crippen LogP contribution is -2.26. The highest BCUT2D eigenvalue weighted by molar-refractivity contribution is 5.11. The van der Waals surface area contributed by atoms with Gasteiger partial charge in [-0.1, -0.05) is 0 Å². The quantitative estimate of drug-likeness (QED) is 0.503. The Morgan fingerprint density at radius 3 is 2.70 bits per heavy atom. The molecule has 56 valence electrons. The largest absolute Gasteiger partial charge is 0.396 e. The zero-order chi connectivity index (χ0) is 6.72. The van der Waals surface area contributed by atoms with Gasteiger partial charge in [-0.15, -0.1) is 0 Å². The molecule has 0 aromatic carbocycles. The molecule has 0 aromatic rings. The van der Waals surface area contributed by atoms with Crippen molar-refractivity contribution >= 4 is 0 Å². The molecule has 3 heteroatoms. The Hall–Kier alpha value is -0.120. The van der Waals surface area contributed by atoms with E-state index in [9.17, 15) is 0 Å². The van der Waals surface area contributed by atoms with Gasteiger partial charge in [-0.3, -0.25) is 0 Å². The number of hydrogen-bond donors (Lipinski definition) is 1. The Balaban J connectivity index is 1.85. The molecule has 0 amide bonds. The predicted octanol–water partition coefficient (Wildman–Crippen LogP) is -0.467. The molecule has 3 saturated heterocycles. The van der Waals surface area contributed by atoms with Crippen LogP contribution < -0.4 is 0 Å². The SMILES string of the molecule is OCC1CC2OC1C1OC21. The van der Waals surface area contributed by atoms with E-state index in [1.54, 1.807) is 0 Å². The fourth-order valence-corrected chi connectivity index (χ4v) is 2.24. The molecule has 3 rings (SSSR count). The van der Waals surface area contributed by atoms with Crippen LogP contribution in [0.2, 0.25) is 0 Å². The van der Waals surface area contributed by atoms with E-state index in [1.807, 2.05) is 0 Å². The summed E-state index contributed by atoms with van der Waals surface area (Å²) in [5, 5.41) is 8.89. The van der Waals surface area contributed by atoms with Crippen LogP contribution in [-0.2, 0) is 9.47 Å². The lowest BCUT2D eigenvalue weighted by Gasteiger charge is -2.12. The highest BCUT2D eigenvalue weighted by Crippen LogP contribution is 2.50. The van der Waals surface area contributed by atoms with E-state index in [2.05, 4.69) is 0 Å². The van der Waals surface area contributed by atoms with Gasteiger partial charge in [0, 0.05) is 12.5 Å². The van der Waals surface area contributed by atoms with E-state index >= 15 is 0 Å². The monoisotopic (exact) mass is 142 g/mol. The summed E-state index contributed by atoms with van der Waals surface area (Å²) in [6.45, 7) is 0.258. The van der Waals surface area contributed by atoms with Crippen molar-refractivity contribution in [1.29, 1.82) is 0 Å². The van der Waals surface area contributed by atoms with Gasteiger partial charge in [0.15, 0.2) is 0 Å². The van der Waals surface area contributed by atoms with Gasteiger partial charge in [-0.25, -0.2) is 0 Å². The molecule has 5 atom stereocenters. The molecule has 10 heavy (non-hydrogen) atoms. The van der Waals surface area contributed by atoms with E-state index in [-0.39, 0.29) is 12.7 Å². The van der Waals surface area contributed by atoms with Crippen LogP contribution in [0.1, 0.15) is 6.42 Å². The van der Waals surface area contributed by atoms with Gasteiger partial charge < -0.3 is 14.6 Å². The summed E-state index contributed by atoms with van der Waals surface area (Å²) in [6, 6.07) is 0. The molecule has 3 heterocycles. The number of epoxide rings is 1. The van der Waals surface area contributed by atoms with Gasteiger partial charge in [0.25, 0.3) is 0 Å². The maximum Gasteiger partial charge on any atom is 0.113 e. The van der Waals surface area contributed by atoms with Gasteiger partial charge in [-0.2, -0.15) is 0 Å². The van der Waals surface area contributed by atoms with E-state index in [4.69, 9.17) is 14.6 Å². The average molecular weight is 142 g/mol. The van der Waals surface area contributed by atoms with Gasteiger partial charge in [0.05, 0.1) is 12.2 Å². The van der Waals surface area contributed by atoms with Gasteiger partial charge >= 0.3 is 0 Å². The lowest BCUT2D eigenvalue weighted by molar-refractivity contribution is 0.00587. The van der Waals surface area contributed by atoms with Crippen LogP contribution in [0.25, 0.3) is 0 Å². The normalized spacial score (nSPS) is 62.7. The Bertz CT molecular complexity index is 170. The first-order valence-corrected chi connectivity index (χ1v) is 3.82. The molecule has 2 bridgehead atoms. The van der Waals surface area contributed by atoms with Crippen molar-refractivity contribution in [2.45, 2.75) is 30.8 Å². The van der Waals surface area contributed by atoms with Crippen molar-refractivity contribution in [3.8, 4) is 0 Å². The second-order valence-electron chi connectivity index (χ2n) is 3.38. The fraction of sp³-hybridized carbons (Fsp3) is 1.00. The van der Waals surface area contributed by atoms with E-state index in [0.717, 1.165) is 6.42 Å². The molecule has 0 saturated carbocycles. The van der Waals surface area contributed by atoms with Crippen LogP contribution in [0, 0.1) is 5.92 Å². The second kappa shape index (κ2) is 1.55. The molecular weight excluding hydrogens is 132 g/mol. The van der Waals surface area contributed by atoms with Gasteiger partial charge in [0.1, 0.15) is 12.2 Å². The van der Waals surface area contributed by atoms with Crippen molar-refractivity contribution < 1.29 is 14.6 Å². The average Bonchev–Trinajstić information content (AvgIpc) is 2.58. The molecule has 0 radical (unpaired) electrons. The molecule has 3 aliphatic heterocycles. The summed E-state index contributed by atoms with van der Waals surface area (Å²) >= 11 is 0. The van der Waals surface area contributed by atoms with Crippen LogP contribution in [0.5, 0.6) is 0 Å². The second-order valence-corrected chi connectivity index (χ2v) is 3.38. The molecule has 3 aliphatic rings. The molecule has 5 unspecified atom stereocenters. The third-order valence-electron chi connectivity index (χ3n) is 2.82. The number of aliphatic hydroxyl groups excluding tert-OH is 1. The first-order valence-electron chi connectivity index (χ1n) is 3.82. The zero-order valence-corrected chi connectivity index (χ0v) is 5.56. The Labute approximate surface area is 58.9 Å². The Morgan fingerprint density at radius 1 is 1.20 bits per heavy atom. The molecule has 0 spiro atoms. The third kappa shape index (κ3) is 0.480. The van der Waals surface area contributed by atoms with E-state index in [1.165, 1.54) is 0 Å². The van der Waals surface area contributed by atoms with Crippen molar-refractivity contribution in [1.82, 2.24) is 0 Å². The minimum Gasteiger partial charge on any atom is -0.396 e. The highest BCUT2D eigenvalue weighted by Gasteiger charge is 2.64. The maximum atomic E-state index is 8.89. The number of fused-ring (bicyclic) bond motifs is 5. The molecule has 0 aromatic heterocycles. The van der Waals surface area contributed by atoms with Crippen LogP contribution >= 0.6 is 0 Å². The third-order valence-corrected chi connectivity index (χ3v) is 2.82. The predicted molar refractivity (Wildman–Crippen MR) is 32.5 cm³/mol. The number of aliphatic hydroxyl groups is 1. The zero-order valence-electron chi connectivity index (χ0n) is 5.56. The Morgan fingerprint density at radius 2 is 2.10 bits per heavy atom. The lowest BCUT2D eigenvalue weighted by atomic mass is 9.90. The van der Waals surface area contributed by atoms with Crippen LogP contribution in [0.4, 0.5) is 0 Å². The van der Waals surface area contributed by atoms with Gasteiger partial charge in [-0.05, 0) is 6.42 Å². The molecule has 3 fully saturated rings. The standard InChI is InChI=1S/C7H10O3/c8-2-3-1-4-6-7(10-6)5(3)9-4/h3-8H,1-2H2. The first kappa shape index (κ1) is 5.52. The smallest absolute Gasteiger partial charge is 0.113 e. The molecular formula is C7H10O3. The van der Waals surface area contributed by atoms with Crippen molar-refractivity contribution in [3.05, 3.63) is 0 Å².